The number of fused-ring (bicyclic) bond motifs is 7. The van der Waals surface area contributed by atoms with Crippen LogP contribution in [0.2, 0.25) is 0 Å². The average molecular weight is 761 g/mol. The number of aromatic nitrogens is 2. The molecule has 0 radical (unpaired) electrons. The Morgan fingerprint density at radius 1 is 0.305 bits per heavy atom. The minimum absolute atomic E-state index is 0.0294. The van der Waals surface area contributed by atoms with Gasteiger partial charge in [0.25, 0.3) is 0 Å². The predicted octanol–water partition coefficient (Wildman–Crippen LogP) is 15.5. The summed E-state index contributed by atoms with van der Waals surface area (Å²) in [5.41, 5.74) is 17.6. The van der Waals surface area contributed by atoms with E-state index < -0.39 is 0 Å². The van der Waals surface area contributed by atoms with E-state index in [2.05, 4.69) is 233 Å². The van der Waals surface area contributed by atoms with E-state index in [1.165, 1.54) is 99.5 Å². The van der Waals surface area contributed by atoms with Crippen molar-refractivity contribution in [3.63, 3.8) is 0 Å². The number of para-hydroxylation sites is 4. The lowest BCUT2D eigenvalue weighted by Crippen LogP contribution is -2.42. The minimum atomic E-state index is -0.0294. The Morgan fingerprint density at radius 2 is 0.746 bits per heavy atom. The van der Waals surface area contributed by atoms with Gasteiger partial charge in [-0.15, -0.1) is 0 Å². The van der Waals surface area contributed by atoms with Crippen LogP contribution < -0.4 is 0 Å². The second-order valence-electron chi connectivity index (χ2n) is 18.2. The molecule has 2 aromatic heterocycles. The molecule has 0 N–H and O–H groups in total. The summed E-state index contributed by atoms with van der Waals surface area (Å²) >= 11 is 0. The Bertz CT molecular complexity index is 3280. The molecule has 0 amide bonds. The Kier molecular flexibility index (Phi) is 7.63. The molecule has 0 saturated heterocycles. The summed E-state index contributed by atoms with van der Waals surface area (Å²) in [7, 11) is 0. The fourth-order valence-electron chi connectivity index (χ4n) is 10.4. The standard InChI is InChI=1S/C57H48N2/c1-55(2)49-35-46(39-19-17-18-37(32-39)38-29-31-53-48(33-38)44-25-14-16-27-52(44)58(53)41-20-9-7-10-21-41)47(36-50(49)56(3,4)57(55,5)6)40-28-30-45-43-24-13-15-26-51(43)59(54(45)34-40)42-22-11-8-12-23-42/h7-36H,1-6H3. The molecule has 0 aliphatic heterocycles. The summed E-state index contributed by atoms with van der Waals surface area (Å²) in [6.07, 6.45) is 0. The molecule has 0 bridgehead atoms. The number of hydrogen-bond acceptors (Lipinski definition) is 0. The Hall–Kier alpha value is -6.64. The molecule has 0 fully saturated rings. The first-order valence-corrected chi connectivity index (χ1v) is 21.0. The monoisotopic (exact) mass is 760 g/mol. The van der Waals surface area contributed by atoms with E-state index in [4.69, 9.17) is 0 Å². The summed E-state index contributed by atoms with van der Waals surface area (Å²) in [4.78, 5) is 0. The number of hydrogen-bond donors (Lipinski definition) is 0. The van der Waals surface area contributed by atoms with Gasteiger partial charge in [0.1, 0.15) is 0 Å². The van der Waals surface area contributed by atoms with Crippen molar-refractivity contribution in [2.75, 3.05) is 0 Å². The van der Waals surface area contributed by atoms with Crippen molar-refractivity contribution in [1.82, 2.24) is 9.13 Å². The van der Waals surface area contributed by atoms with Crippen molar-refractivity contribution in [2.45, 2.75) is 52.4 Å². The normalized spacial score (nSPS) is 15.4. The van der Waals surface area contributed by atoms with E-state index in [0.717, 1.165) is 0 Å². The fraction of sp³-hybridized carbons (Fsp3) is 0.158. The average Bonchev–Trinajstić information content (AvgIpc) is 3.81. The molecular weight excluding hydrogens is 713 g/mol. The first-order chi connectivity index (χ1) is 28.5. The van der Waals surface area contributed by atoms with Gasteiger partial charge in [-0.25, -0.2) is 0 Å². The Morgan fingerprint density at radius 3 is 1.36 bits per heavy atom. The third-order valence-corrected chi connectivity index (χ3v) is 14.8. The zero-order valence-corrected chi connectivity index (χ0v) is 34.7. The van der Waals surface area contributed by atoms with Gasteiger partial charge in [0.05, 0.1) is 22.1 Å². The summed E-state index contributed by atoms with van der Waals surface area (Å²) in [6, 6.07) is 67.6. The third kappa shape index (κ3) is 5.05. The Labute approximate surface area is 347 Å². The third-order valence-electron chi connectivity index (χ3n) is 14.8. The van der Waals surface area contributed by atoms with Gasteiger partial charge in [-0.1, -0.05) is 151 Å². The first-order valence-electron chi connectivity index (χ1n) is 21.0. The number of rotatable bonds is 5. The summed E-state index contributed by atoms with van der Waals surface area (Å²) < 4.78 is 4.82. The van der Waals surface area contributed by atoms with Crippen molar-refractivity contribution >= 4 is 43.6 Å². The molecular formula is C57H48N2. The van der Waals surface area contributed by atoms with Crippen LogP contribution in [0.4, 0.5) is 0 Å². The van der Waals surface area contributed by atoms with Gasteiger partial charge in [-0.3, -0.25) is 0 Å². The van der Waals surface area contributed by atoms with Gasteiger partial charge < -0.3 is 9.13 Å². The van der Waals surface area contributed by atoms with E-state index >= 15 is 0 Å². The van der Waals surface area contributed by atoms with Gasteiger partial charge >= 0.3 is 0 Å². The fourth-order valence-corrected chi connectivity index (χ4v) is 10.4. The van der Waals surface area contributed by atoms with Crippen LogP contribution in [0.3, 0.4) is 0 Å². The maximum absolute atomic E-state index is 2.55. The number of benzene rings is 8. The molecule has 1 aliphatic rings. The second kappa shape index (κ2) is 12.7. The first kappa shape index (κ1) is 35.5. The molecule has 10 aromatic rings. The van der Waals surface area contributed by atoms with Gasteiger partial charge in [0, 0.05) is 32.9 Å². The molecule has 8 aromatic carbocycles. The van der Waals surface area contributed by atoms with Crippen LogP contribution in [-0.4, -0.2) is 9.13 Å². The van der Waals surface area contributed by atoms with Crippen molar-refractivity contribution in [2.24, 2.45) is 5.41 Å². The quantitative estimate of drug-likeness (QED) is 0.165. The van der Waals surface area contributed by atoms with Crippen molar-refractivity contribution in [1.29, 1.82) is 0 Å². The summed E-state index contributed by atoms with van der Waals surface area (Å²) in [6.45, 7) is 14.7. The van der Waals surface area contributed by atoms with Crippen LogP contribution in [0, 0.1) is 5.41 Å². The predicted molar refractivity (Wildman–Crippen MR) is 251 cm³/mol. The van der Waals surface area contributed by atoms with Gasteiger partial charge in [0.15, 0.2) is 0 Å². The molecule has 1 aliphatic carbocycles. The highest BCUT2D eigenvalue weighted by Crippen LogP contribution is 2.62. The van der Waals surface area contributed by atoms with Crippen molar-refractivity contribution < 1.29 is 0 Å². The van der Waals surface area contributed by atoms with Crippen LogP contribution in [0.5, 0.6) is 0 Å². The molecule has 0 spiro atoms. The van der Waals surface area contributed by atoms with Crippen LogP contribution in [0.15, 0.2) is 182 Å². The smallest absolute Gasteiger partial charge is 0.0547 e. The molecule has 2 nitrogen and oxygen atoms in total. The molecule has 2 heterocycles. The molecule has 0 unspecified atom stereocenters. The molecule has 0 saturated carbocycles. The molecule has 286 valence electrons. The molecule has 0 atom stereocenters. The maximum Gasteiger partial charge on any atom is 0.0547 e. The van der Waals surface area contributed by atoms with Crippen LogP contribution in [-0.2, 0) is 10.8 Å². The molecule has 11 rings (SSSR count). The summed E-state index contributed by atoms with van der Waals surface area (Å²) in [5.74, 6) is 0. The lowest BCUT2D eigenvalue weighted by atomic mass is 9.59. The number of nitrogens with zero attached hydrogens (tertiary/aromatic N) is 2. The zero-order valence-electron chi connectivity index (χ0n) is 34.7. The van der Waals surface area contributed by atoms with E-state index in [-0.39, 0.29) is 16.2 Å². The molecule has 2 heteroatoms. The van der Waals surface area contributed by atoms with Crippen LogP contribution >= 0.6 is 0 Å². The topological polar surface area (TPSA) is 9.86 Å². The van der Waals surface area contributed by atoms with E-state index in [1.54, 1.807) is 0 Å². The van der Waals surface area contributed by atoms with Crippen molar-refractivity contribution in [3.8, 4) is 44.8 Å². The Balaban J connectivity index is 1.13. The van der Waals surface area contributed by atoms with Crippen LogP contribution in [0.25, 0.3) is 88.4 Å². The highest BCUT2D eigenvalue weighted by atomic mass is 15.0. The lowest BCUT2D eigenvalue weighted by Gasteiger charge is -2.44. The van der Waals surface area contributed by atoms with Gasteiger partial charge in [-0.2, -0.15) is 0 Å². The molecule has 59 heavy (non-hydrogen) atoms. The SMILES string of the molecule is CC1(C)c2cc(-c3cccc(-c4ccc5c(c4)c4ccccc4n5-c4ccccc4)c3)c(-c3ccc4c5ccccc5n(-c5ccccc5)c4c3)cc2C(C)(C)C1(C)C. The van der Waals surface area contributed by atoms with Gasteiger partial charge in [-0.05, 0) is 134 Å². The highest BCUT2D eigenvalue weighted by molar-refractivity contribution is 6.12. The lowest BCUT2D eigenvalue weighted by molar-refractivity contribution is 0.125. The van der Waals surface area contributed by atoms with Crippen molar-refractivity contribution in [3.05, 3.63) is 193 Å². The maximum atomic E-state index is 2.55. The second-order valence-corrected chi connectivity index (χ2v) is 18.2. The highest BCUT2D eigenvalue weighted by Gasteiger charge is 2.57. The summed E-state index contributed by atoms with van der Waals surface area (Å²) in [5, 5.41) is 5.07. The minimum Gasteiger partial charge on any atom is -0.309 e. The zero-order chi connectivity index (χ0) is 40.3. The van der Waals surface area contributed by atoms with E-state index in [9.17, 15) is 0 Å². The van der Waals surface area contributed by atoms with E-state index in [0.29, 0.717) is 0 Å². The largest absolute Gasteiger partial charge is 0.309 e. The van der Waals surface area contributed by atoms with E-state index in [1.807, 2.05) is 0 Å². The van der Waals surface area contributed by atoms with Crippen LogP contribution in [0.1, 0.15) is 52.7 Å². The van der Waals surface area contributed by atoms with Gasteiger partial charge in [0.2, 0.25) is 0 Å².